The lowest BCUT2D eigenvalue weighted by Gasteiger charge is -2.20. The Morgan fingerprint density at radius 2 is 1.95 bits per heavy atom. The quantitative estimate of drug-likeness (QED) is 0.882. The van der Waals surface area contributed by atoms with Crippen molar-refractivity contribution in [1.82, 2.24) is 15.5 Å². The maximum absolute atomic E-state index is 9.25. The van der Waals surface area contributed by atoms with E-state index in [1.54, 1.807) is 24.3 Å². The minimum Gasteiger partial charge on any atom is -0.508 e. The van der Waals surface area contributed by atoms with Crippen molar-refractivity contribution in [2.45, 2.75) is 19.3 Å². The van der Waals surface area contributed by atoms with Gasteiger partial charge in [0.25, 0.3) is 0 Å². The Labute approximate surface area is 111 Å². The van der Waals surface area contributed by atoms with Crippen LogP contribution in [0.1, 0.15) is 18.7 Å². The van der Waals surface area contributed by atoms with Crippen LogP contribution in [0, 0.1) is 5.92 Å². The SMILES string of the molecule is Oc1ccc(-c2noc(CC3CCNCC3)n2)cc1. The van der Waals surface area contributed by atoms with E-state index in [9.17, 15) is 5.11 Å². The lowest BCUT2D eigenvalue weighted by Crippen LogP contribution is -2.28. The predicted octanol–water partition coefficient (Wildman–Crippen LogP) is 1.98. The molecule has 1 aliphatic rings. The number of hydrogen-bond acceptors (Lipinski definition) is 5. The molecule has 0 bridgehead atoms. The van der Waals surface area contributed by atoms with Crippen molar-refractivity contribution in [1.29, 1.82) is 0 Å². The number of nitrogens with one attached hydrogen (secondary N) is 1. The van der Waals surface area contributed by atoms with Gasteiger partial charge in [-0.1, -0.05) is 5.16 Å². The molecule has 2 heterocycles. The zero-order valence-electron chi connectivity index (χ0n) is 10.7. The van der Waals surface area contributed by atoms with Crippen molar-refractivity contribution in [3.8, 4) is 17.1 Å². The predicted molar refractivity (Wildman–Crippen MR) is 70.7 cm³/mol. The van der Waals surface area contributed by atoms with Gasteiger partial charge in [0.1, 0.15) is 5.75 Å². The van der Waals surface area contributed by atoms with Crippen molar-refractivity contribution in [2.24, 2.45) is 5.92 Å². The van der Waals surface area contributed by atoms with Crippen LogP contribution in [-0.4, -0.2) is 28.3 Å². The van der Waals surface area contributed by atoms with Gasteiger partial charge in [0.2, 0.25) is 11.7 Å². The fraction of sp³-hybridized carbons (Fsp3) is 0.429. The fourth-order valence-corrected chi connectivity index (χ4v) is 2.40. The second-order valence-electron chi connectivity index (χ2n) is 4.96. The second-order valence-corrected chi connectivity index (χ2v) is 4.96. The molecule has 0 amide bonds. The van der Waals surface area contributed by atoms with Crippen LogP contribution in [-0.2, 0) is 6.42 Å². The molecule has 0 unspecified atom stereocenters. The highest BCUT2D eigenvalue weighted by Gasteiger charge is 2.17. The maximum atomic E-state index is 9.25. The van der Waals surface area contributed by atoms with E-state index in [1.165, 1.54) is 0 Å². The molecule has 0 spiro atoms. The molecule has 0 radical (unpaired) electrons. The van der Waals surface area contributed by atoms with Crippen LogP contribution < -0.4 is 5.32 Å². The number of benzene rings is 1. The molecule has 5 nitrogen and oxygen atoms in total. The normalized spacial score (nSPS) is 16.6. The fourth-order valence-electron chi connectivity index (χ4n) is 2.40. The van der Waals surface area contributed by atoms with Gasteiger partial charge in [0, 0.05) is 12.0 Å². The number of hydrogen-bond donors (Lipinski definition) is 2. The minimum atomic E-state index is 0.238. The van der Waals surface area contributed by atoms with Gasteiger partial charge in [-0.2, -0.15) is 4.98 Å². The number of aromatic nitrogens is 2. The Bertz CT molecular complexity index is 530. The van der Waals surface area contributed by atoms with Crippen molar-refractivity contribution in [3.05, 3.63) is 30.2 Å². The van der Waals surface area contributed by atoms with Crippen LogP contribution in [0.25, 0.3) is 11.4 Å². The van der Waals surface area contributed by atoms with E-state index in [2.05, 4.69) is 15.5 Å². The van der Waals surface area contributed by atoms with Gasteiger partial charge in [0.15, 0.2) is 0 Å². The Morgan fingerprint density at radius 1 is 1.21 bits per heavy atom. The van der Waals surface area contributed by atoms with E-state index >= 15 is 0 Å². The highest BCUT2D eigenvalue weighted by atomic mass is 16.5. The molecule has 3 rings (SSSR count). The van der Waals surface area contributed by atoms with Crippen molar-refractivity contribution in [3.63, 3.8) is 0 Å². The molecule has 0 atom stereocenters. The van der Waals surface area contributed by atoms with Crippen molar-refractivity contribution >= 4 is 0 Å². The minimum absolute atomic E-state index is 0.238. The summed E-state index contributed by atoms with van der Waals surface area (Å²) in [6.07, 6.45) is 3.18. The number of aromatic hydroxyl groups is 1. The summed E-state index contributed by atoms with van der Waals surface area (Å²) >= 11 is 0. The summed E-state index contributed by atoms with van der Waals surface area (Å²) in [4.78, 5) is 4.42. The third kappa shape index (κ3) is 2.93. The zero-order valence-corrected chi connectivity index (χ0v) is 10.7. The molecule has 0 aliphatic carbocycles. The van der Waals surface area contributed by atoms with Crippen LogP contribution in [0.3, 0.4) is 0 Å². The molecule has 100 valence electrons. The number of phenolic OH excluding ortho intramolecular Hbond substituents is 1. The highest BCUT2D eigenvalue weighted by Crippen LogP contribution is 2.21. The first kappa shape index (κ1) is 12.2. The zero-order chi connectivity index (χ0) is 13.1. The van der Waals surface area contributed by atoms with Crippen LogP contribution in [0.2, 0.25) is 0 Å². The van der Waals surface area contributed by atoms with Gasteiger partial charge < -0.3 is 14.9 Å². The number of rotatable bonds is 3. The Balaban J connectivity index is 1.70. The first-order chi connectivity index (χ1) is 9.31. The summed E-state index contributed by atoms with van der Waals surface area (Å²) in [5, 5.41) is 16.6. The molecule has 1 aromatic carbocycles. The average molecular weight is 259 g/mol. The molecular formula is C14H17N3O2. The van der Waals surface area contributed by atoms with Gasteiger partial charge >= 0.3 is 0 Å². The first-order valence-electron chi connectivity index (χ1n) is 6.64. The van der Waals surface area contributed by atoms with E-state index in [0.29, 0.717) is 17.6 Å². The molecule has 19 heavy (non-hydrogen) atoms. The summed E-state index contributed by atoms with van der Waals surface area (Å²) in [7, 11) is 0. The largest absolute Gasteiger partial charge is 0.508 e. The van der Waals surface area contributed by atoms with E-state index in [0.717, 1.165) is 37.9 Å². The van der Waals surface area contributed by atoms with Gasteiger partial charge in [-0.25, -0.2) is 0 Å². The summed E-state index contributed by atoms with van der Waals surface area (Å²) in [6.45, 7) is 2.15. The lowest BCUT2D eigenvalue weighted by molar-refractivity contribution is 0.313. The topological polar surface area (TPSA) is 71.2 Å². The van der Waals surface area contributed by atoms with E-state index in [-0.39, 0.29) is 5.75 Å². The van der Waals surface area contributed by atoms with E-state index < -0.39 is 0 Å². The van der Waals surface area contributed by atoms with Crippen LogP contribution >= 0.6 is 0 Å². The molecule has 0 saturated carbocycles. The highest BCUT2D eigenvalue weighted by molar-refractivity contribution is 5.55. The molecule has 1 aliphatic heterocycles. The van der Waals surface area contributed by atoms with E-state index in [1.807, 2.05) is 0 Å². The first-order valence-corrected chi connectivity index (χ1v) is 6.64. The van der Waals surface area contributed by atoms with Gasteiger partial charge in [0.05, 0.1) is 0 Å². The number of phenols is 1. The Hall–Kier alpha value is -1.88. The summed E-state index contributed by atoms with van der Waals surface area (Å²) < 4.78 is 5.31. The summed E-state index contributed by atoms with van der Waals surface area (Å²) in [6, 6.07) is 6.82. The summed E-state index contributed by atoms with van der Waals surface area (Å²) in [5.41, 5.74) is 0.859. The van der Waals surface area contributed by atoms with Gasteiger partial charge in [-0.05, 0) is 56.1 Å². The molecule has 2 N–H and O–H groups in total. The lowest BCUT2D eigenvalue weighted by atomic mass is 9.95. The third-order valence-electron chi connectivity index (χ3n) is 3.52. The molecule has 1 aromatic heterocycles. The monoisotopic (exact) mass is 259 g/mol. The second kappa shape index (κ2) is 5.40. The molecule has 2 aromatic rings. The molecular weight excluding hydrogens is 242 g/mol. The Kier molecular flexibility index (Phi) is 3.46. The molecule has 5 heteroatoms. The van der Waals surface area contributed by atoms with Crippen molar-refractivity contribution < 1.29 is 9.63 Å². The third-order valence-corrected chi connectivity index (χ3v) is 3.52. The Morgan fingerprint density at radius 3 is 2.68 bits per heavy atom. The standard InChI is InChI=1S/C14H17N3O2/c18-12-3-1-11(2-4-12)14-16-13(19-17-14)9-10-5-7-15-8-6-10/h1-4,10,15,18H,5-9H2. The smallest absolute Gasteiger partial charge is 0.227 e. The van der Waals surface area contributed by atoms with E-state index in [4.69, 9.17) is 4.52 Å². The maximum Gasteiger partial charge on any atom is 0.227 e. The number of piperidine rings is 1. The molecule has 1 saturated heterocycles. The van der Waals surface area contributed by atoms with Crippen LogP contribution in [0.15, 0.2) is 28.8 Å². The molecule has 1 fully saturated rings. The van der Waals surface area contributed by atoms with Crippen molar-refractivity contribution in [2.75, 3.05) is 13.1 Å². The number of nitrogens with zero attached hydrogens (tertiary/aromatic N) is 2. The summed E-state index contributed by atoms with van der Waals surface area (Å²) in [5.74, 6) is 2.16. The van der Waals surface area contributed by atoms with Crippen LogP contribution in [0.5, 0.6) is 5.75 Å². The van der Waals surface area contributed by atoms with Gasteiger partial charge in [-0.15, -0.1) is 0 Å². The average Bonchev–Trinajstić information content (AvgIpc) is 2.89. The van der Waals surface area contributed by atoms with Gasteiger partial charge in [-0.3, -0.25) is 0 Å². The van der Waals surface area contributed by atoms with Crippen LogP contribution in [0.4, 0.5) is 0 Å².